The molecule has 0 fully saturated rings. The van der Waals surface area contributed by atoms with Gasteiger partial charge in [0.05, 0.1) is 25.3 Å². The van der Waals surface area contributed by atoms with E-state index in [1.54, 1.807) is 7.11 Å². The van der Waals surface area contributed by atoms with Gasteiger partial charge in [-0.25, -0.2) is 0 Å². The fourth-order valence-electron chi connectivity index (χ4n) is 3.44. The van der Waals surface area contributed by atoms with Crippen LogP contribution in [0.3, 0.4) is 0 Å². The first-order valence-electron chi connectivity index (χ1n) is 10.1. The van der Waals surface area contributed by atoms with Crippen molar-refractivity contribution in [3.8, 4) is 5.75 Å². The highest BCUT2D eigenvalue weighted by atomic mass is 16.5. The first-order chi connectivity index (χ1) is 14.6. The minimum absolute atomic E-state index is 0.220. The quantitative estimate of drug-likeness (QED) is 0.565. The molecule has 0 bridgehead atoms. The highest BCUT2D eigenvalue weighted by Gasteiger charge is 2.40. The monoisotopic (exact) mass is 408 g/mol. The van der Waals surface area contributed by atoms with Crippen LogP contribution in [0.2, 0.25) is 0 Å². The molecule has 0 atom stereocenters. The molecule has 3 rings (SSSR count). The summed E-state index contributed by atoms with van der Waals surface area (Å²) in [7, 11) is 3.39. The van der Waals surface area contributed by atoms with Crippen LogP contribution in [-0.2, 0) is 20.9 Å². The number of likely N-dealkylation sites (N-methyl/N-ethyl adjacent to an activating group) is 1. The van der Waals surface area contributed by atoms with Crippen LogP contribution in [0.5, 0.6) is 5.75 Å². The number of carbonyl (C=O) groups excluding carboxylic acids is 2. The Bertz CT molecular complexity index is 907. The molecule has 0 radical (unpaired) electrons. The Kier molecular flexibility index (Phi) is 7.25. The Hall–Kier alpha value is -3.12. The van der Waals surface area contributed by atoms with Gasteiger partial charge in [0.15, 0.2) is 0 Å². The number of amides is 2. The molecule has 2 amide bonds. The van der Waals surface area contributed by atoms with Crippen molar-refractivity contribution >= 4 is 17.4 Å². The third-order valence-electron chi connectivity index (χ3n) is 4.92. The zero-order chi connectivity index (χ0) is 21.5. The summed E-state index contributed by atoms with van der Waals surface area (Å²) in [4.78, 5) is 29.5. The van der Waals surface area contributed by atoms with Crippen molar-refractivity contribution in [1.82, 2.24) is 9.80 Å². The maximum absolute atomic E-state index is 13.2. The van der Waals surface area contributed by atoms with E-state index in [0.717, 1.165) is 17.7 Å². The number of carbonyl (C=O) groups is 2. The maximum Gasteiger partial charge on any atom is 0.277 e. The summed E-state index contributed by atoms with van der Waals surface area (Å²) in [5.74, 6) is 0.152. The first-order valence-corrected chi connectivity index (χ1v) is 10.1. The van der Waals surface area contributed by atoms with Crippen molar-refractivity contribution in [3.05, 3.63) is 71.4 Å². The Balaban J connectivity index is 1.95. The lowest BCUT2D eigenvalue weighted by Crippen LogP contribution is -2.36. The molecule has 1 aliphatic rings. The van der Waals surface area contributed by atoms with Crippen molar-refractivity contribution in [1.29, 1.82) is 0 Å². The average Bonchev–Trinajstić information content (AvgIpc) is 3.01. The Morgan fingerprint density at radius 2 is 1.63 bits per heavy atom. The number of rotatable bonds is 10. The van der Waals surface area contributed by atoms with Crippen LogP contribution in [0.25, 0.3) is 5.57 Å². The molecule has 0 aliphatic carbocycles. The van der Waals surface area contributed by atoms with Gasteiger partial charge in [-0.15, -0.1) is 0 Å². The van der Waals surface area contributed by atoms with Gasteiger partial charge in [0.25, 0.3) is 11.8 Å². The molecular weight excluding hydrogens is 380 g/mol. The predicted molar refractivity (Wildman–Crippen MR) is 116 cm³/mol. The summed E-state index contributed by atoms with van der Waals surface area (Å²) < 4.78 is 10.7. The number of imide groups is 1. The Labute approximate surface area is 177 Å². The van der Waals surface area contributed by atoms with Crippen LogP contribution < -0.4 is 4.74 Å². The van der Waals surface area contributed by atoms with E-state index in [1.807, 2.05) is 73.5 Å². The van der Waals surface area contributed by atoms with E-state index in [0.29, 0.717) is 36.6 Å². The van der Waals surface area contributed by atoms with Gasteiger partial charge in [0, 0.05) is 20.7 Å². The number of methoxy groups -OCH3 is 1. The number of ether oxygens (including phenoxy) is 2. The van der Waals surface area contributed by atoms with E-state index in [2.05, 4.69) is 0 Å². The van der Waals surface area contributed by atoms with Crippen molar-refractivity contribution in [2.75, 3.05) is 33.9 Å². The van der Waals surface area contributed by atoms with Crippen molar-refractivity contribution in [2.24, 2.45) is 0 Å². The molecule has 1 aliphatic heterocycles. The van der Waals surface area contributed by atoms with Crippen LogP contribution in [0, 0.1) is 0 Å². The molecule has 6 nitrogen and oxygen atoms in total. The largest absolute Gasteiger partial charge is 0.494 e. The fraction of sp³-hybridized carbons (Fsp3) is 0.333. The maximum atomic E-state index is 13.2. The highest BCUT2D eigenvalue weighted by Crippen LogP contribution is 2.32. The van der Waals surface area contributed by atoms with E-state index in [-0.39, 0.29) is 18.4 Å². The van der Waals surface area contributed by atoms with Gasteiger partial charge in [0.2, 0.25) is 0 Å². The van der Waals surface area contributed by atoms with Gasteiger partial charge in [-0.1, -0.05) is 49.4 Å². The van der Waals surface area contributed by atoms with Crippen LogP contribution >= 0.6 is 0 Å². The summed E-state index contributed by atoms with van der Waals surface area (Å²) >= 11 is 0. The SMILES string of the molecule is CCCOc1ccc(C2=C(N(C)Cc3ccccc3)C(=O)N(CCOC)C2=O)cc1. The lowest BCUT2D eigenvalue weighted by atomic mass is 10.0. The van der Waals surface area contributed by atoms with E-state index in [1.165, 1.54) is 4.90 Å². The van der Waals surface area contributed by atoms with Crippen molar-refractivity contribution in [2.45, 2.75) is 19.9 Å². The molecule has 0 N–H and O–H groups in total. The van der Waals surface area contributed by atoms with Crippen LogP contribution in [-0.4, -0.2) is 55.5 Å². The standard InChI is InChI=1S/C24H28N2O4/c1-4-15-30-20-12-10-19(11-13-20)21-22(24(28)26(23(21)27)14-16-29-3)25(2)17-18-8-6-5-7-9-18/h5-13H,4,14-17H2,1-3H3. The van der Waals surface area contributed by atoms with E-state index in [4.69, 9.17) is 9.47 Å². The molecule has 2 aromatic rings. The fourth-order valence-corrected chi connectivity index (χ4v) is 3.44. The molecule has 0 saturated heterocycles. The van der Waals surface area contributed by atoms with Crippen molar-refractivity contribution in [3.63, 3.8) is 0 Å². The zero-order valence-electron chi connectivity index (χ0n) is 17.8. The molecule has 2 aromatic carbocycles. The van der Waals surface area contributed by atoms with Crippen molar-refractivity contribution < 1.29 is 19.1 Å². The third-order valence-corrected chi connectivity index (χ3v) is 4.92. The second-order valence-electron chi connectivity index (χ2n) is 7.19. The summed E-state index contributed by atoms with van der Waals surface area (Å²) in [5, 5.41) is 0. The summed E-state index contributed by atoms with van der Waals surface area (Å²) in [6, 6.07) is 17.2. The van der Waals surface area contributed by atoms with E-state index < -0.39 is 0 Å². The zero-order valence-corrected chi connectivity index (χ0v) is 17.8. The smallest absolute Gasteiger partial charge is 0.277 e. The molecule has 0 spiro atoms. The van der Waals surface area contributed by atoms with Gasteiger partial charge < -0.3 is 14.4 Å². The number of hydrogen-bond acceptors (Lipinski definition) is 5. The Morgan fingerprint density at radius 1 is 0.933 bits per heavy atom. The second kappa shape index (κ2) is 10.1. The minimum Gasteiger partial charge on any atom is -0.494 e. The van der Waals surface area contributed by atoms with Crippen LogP contribution in [0.15, 0.2) is 60.3 Å². The van der Waals surface area contributed by atoms with Gasteiger partial charge in [0.1, 0.15) is 11.4 Å². The molecule has 30 heavy (non-hydrogen) atoms. The molecule has 6 heteroatoms. The van der Waals surface area contributed by atoms with E-state index >= 15 is 0 Å². The Morgan fingerprint density at radius 3 is 2.27 bits per heavy atom. The minimum atomic E-state index is -0.297. The second-order valence-corrected chi connectivity index (χ2v) is 7.19. The molecule has 0 saturated carbocycles. The predicted octanol–water partition coefficient (Wildman–Crippen LogP) is 3.33. The van der Waals surface area contributed by atoms with Crippen LogP contribution in [0.4, 0.5) is 0 Å². The normalized spacial score (nSPS) is 13.9. The first kappa shape index (κ1) is 21.6. The molecule has 0 aromatic heterocycles. The van der Waals surface area contributed by atoms with Gasteiger partial charge in [-0.05, 0) is 29.7 Å². The molecule has 1 heterocycles. The summed E-state index contributed by atoms with van der Waals surface area (Å²) in [5.41, 5.74) is 2.58. The summed E-state index contributed by atoms with van der Waals surface area (Å²) in [6.45, 7) is 3.72. The number of hydrogen-bond donors (Lipinski definition) is 0. The summed E-state index contributed by atoms with van der Waals surface area (Å²) in [6.07, 6.45) is 0.919. The highest BCUT2D eigenvalue weighted by molar-refractivity contribution is 6.35. The van der Waals surface area contributed by atoms with Gasteiger partial charge >= 0.3 is 0 Å². The third kappa shape index (κ3) is 4.71. The topological polar surface area (TPSA) is 59.1 Å². The lowest BCUT2D eigenvalue weighted by molar-refractivity contribution is -0.138. The molecule has 0 unspecified atom stereocenters. The molecule has 158 valence electrons. The average molecular weight is 408 g/mol. The van der Waals surface area contributed by atoms with Gasteiger partial charge in [-0.3, -0.25) is 14.5 Å². The lowest BCUT2D eigenvalue weighted by Gasteiger charge is -2.21. The number of benzene rings is 2. The molecular formula is C24H28N2O4. The van der Waals surface area contributed by atoms with Gasteiger partial charge in [-0.2, -0.15) is 0 Å². The van der Waals surface area contributed by atoms with E-state index in [9.17, 15) is 9.59 Å². The number of nitrogens with zero attached hydrogens (tertiary/aromatic N) is 2. The van der Waals surface area contributed by atoms with Crippen LogP contribution in [0.1, 0.15) is 24.5 Å².